The Kier molecular flexibility index (Phi) is 3.35. The zero-order valence-electron chi connectivity index (χ0n) is 11.3. The highest BCUT2D eigenvalue weighted by atomic mass is 79.9. The first-order chi connectivity index (χ1) is 9.61. The molecule has 0 radical (unpaired) electrons. The zero-order chi connectivity index (χ0) is 14.3. The average molecular weight is 335 g/mol. The van der Waals surface area contributed by atoms with Crippen molar-refractivity contribution in [2.24, 2.45) is 7.05 Å². The Bertz CT molecular complexity index is 775. The van der Waals surface area contributed by atoms with E-state index in [1.165, 1.54) is 0 Å². The van der Waals surface area contributed by atoms with Crippen LogP contribution in [0.2, 0.25) is 0 Å². The fraction of sp³-hybridized carbons (Fsp3) is 0.286. The molecule has 0 aliphatic carbocycles. The van der Waals surface area contributed by atoms with Gasteiger partial charge in [0.2, 0.25) is 0 Å². The van der Waals surface area contributed by atoms with Crippen molar-refractivity contribution in [1.82, 2.24) is 19.3 Å². The lowest BCUT2D eigenvalue weighted by Crippen LogP contribution is -2.05. The van der Waals surface area contributed by atoms with E-state index in [1.807, 2.05) is 41.5 Å². The van der Waals surface area contributed by atoms with Gasteiger partial charge in [-0.2, -0.15) is 5.10 Å². The number of hydrogen-bond acceptors (Lipinski definition) is 3. The number of aliphatic hydroxyl groups is 1. The van der Waals surface area contributed by atoms with Crippen LogP contribution < -0.4 is 0 Å². The Balaban J connectivity index is 2.11. The topological polar surface area (TPSA) is 55.9 Å². The lowest BCUT2D eigenvalue weighted by molar-refractivity contribution is 0.283. The number of aryl methyl sites for hydroxylation is 2. The molecule has 0 unspecified atom stereocenters. The van der Waals surface area contributed by atoms with Gasteiger partial charge in [0, 0.05) is 30.4 Å². The number of fused-ring (bicyclic) bond motifs is 1. The first-order valence-corrected chi connectivity index (χ1v) is 7.12. The molecule has 5 nitrogen and oxygen atoms in total. The molecule has 0 fully saturated rings. The molecule has 0 aromatic carbocycles. The second-order valence-corrected chi connectivity index (χ2v) is 5.58. The Labute approximate surface area is 125 Å². The van der Waals surface area contributed by atoms with Crippen LogP contribution in [0.1, 0.15) is 17.0 Å². The summed E-state index contributed by atoms with van der Waals surface area (Å²) < 4.78 is 4.93. The van der Waals surface area contributed by atoms with Crippen LogP contribution in [0.4, 0.5) is 0 Å². The standard InChI is InChI=1S/C14H15BrN4O/c1-9-13(15)12(18(2)17-9)7-19-6-10(8-20)11-4-3-5-16-14(11)19/h3-6,20H,7-8H2,1-2H3. The lowest BCUT2D eigenvalue weighted by Gasteiger charge is -2.06. The van der Waals surface area contributed by atoms with Gasteiger partial charge < -0.3 is 9.67 Å². The molecule has 0 bridgehead atoms. The summed E-state index contributed by atoms with van der Waals surface area (Å²) in [6.45, 7) is 2.64. The minimum Gasteiger partial charge on any atom is -0.392 e. The Morgan fingerprint density at radius 3 is 2.85 bits per heavy atom. The van der Waals surface area contributed by atoms with Crippen LogP contribution in [0.3, 0.4) is 0 Å². The summed E-state index contributed by atoms with van der Waals surface area (Å²) >= 11 is 3.58. The Morgan fingerprint density at radius 2 is 2.20 bits per heavy atom. The highest BCUT2D eigenvalue weighted by Crippen LogP contribution is 2.24. The SMILES string of the molecule is Cc1nn(C)c(Cn2cc(CO)c3cccnc32)c1Br. The highest BCUT2D eigenvalue weighted by Gasteiger charge is 2.14. The normalized spacial score (nSPS) is 11.4. The summed E-state index contributed by atoms with van der Waals surface area (Å²) in [5, 5.41) is 14.9. The van der Waals surface area contributed by atoms with Crippen LogP contribution in [-0.2, 0) is 20.2 Å². The van der Waals surface area contributed by atoms with Gasteiger partial charge in [-0.1, -0.05) is 0 Å². The molecule has 0 aliphatic rings. The molecule has 6 heteroatoms. The predicted molar refractivity (Wildman–Crippen MR) is 80.4 cm³/mol. The number of aliphatic hydroxyl groups excluding tert-OH is 1. The van der Waals surface area contributed by atoms with E-state index < -0.39 is 0 Å². The minimum atomic E-state index is 0.0147. The zero-order valence-corrected chi connectivity index (χ0v) is 12.9. The minimum absolute atomic E-state index is 0.0147. The van der Waals surface area contributed by atoms with E-state index in [9.17, 15) is 5.11 Å². The molecule has 0 spiro atoms. The largest absolute Gasteiger partial charge is 0.392 e. The quantitative estimate of drug-likeness (QED) is 0.800. The van der Waals surface area contributed by atoms with Gasteiger partial charge in [-0.15, -0.1) is 0 Å². The Morgan fingerprint density at radius 1 is 1.40 bits per heavy atom. The highest BCUT2D eigenvalue weighted by molar-refractivity contribution is 9.10. The molecule has 0 saturated heterocycles. The van der Waals surface area contributed by atoms with E-state index in [-0.39, 0.29) is 6.61 Å². The second-order valence-electron chi connectivity index (χ2n) is 4.78. The maximum Gasteiger partial charge on any atom is 0.140 e. The summed E-state index contributed by atoms with van der Waals surface area (Å²) in [6, 6.07) is 3.86. The molecule has 0 amide bonds. The van der Waals surface area contributed by atoms with Gasteiger partial charge in [0.25, 0.3) is 0 Å². The molecule has 0 aliphatic heterocycles. The molecule has 3 heterocycles. The van der Waals surface area contributed by atoms with Crippen molar-refractivity contribution >= 4 is 27.0 Å². The van der Waals surface area contributed by atoms with Crippen LogP contribution in [0.5, 0.6) is 0 Å². The van der Waals surface area contributed by atoms with Crippen molar-refractivity contribution in [3.05, 3.63) is 46.0 Å². The Hall–Kier alpha value is -1.66. The van der Waals surface area contributed by atoms with E-state index in [4.69, 9.17) is 0 Å². The lowest BCUT2D eigenvalue weighted by atomic mass is 10.2. The number of aromatic nitrogens is 4. The van der Waals surface area contributed by atoms with Crippen LogP contribution >= 0.6 is 15.9 Å². The molecule has 0 saturated carbocycles. The summed E-state index contributed by atoms with van der Waals surface area (Å²) in [5.41, 5.74) is 3.81. The van der Waals surface area contributed by atoms with Crippen LogP contribution in [0, 0.1) is 6.92 Å². The summed E-state index contributed by atoms with van der Waals surface area (Å²) in [5.74, 6) is 0. The summed E-state index contributed by atoms with van der Waals surface area (Å²) in [7, 11) is 1.93. The fourth-order valence-electron chi connectivity index (χ4n) is 2.46. The van der Waals surface area contributed by atoms with Crippen LogP contribution in [0.15, 0.2) is 29.0 Å². The molecule has 20 heavy (non-hydrogen) atoms. The predicted octanol–water partition coefficient (Wildman–Crippen LogP) is 2.38. The third kappa shape index (κ3) is 2.05. The van der Waals surface area contributed by atoms with Gasteiger partial charge >= 0.3 is 0 Å². The van der Waals surface area contributed by atoms with Crippen molar-refractivity contribution in [3.63, 3.8) is 0 Å². The van der Waals surface area contributed by atoms with Gasteiger partial charge in [0.1, 0.15) is 5.65 Å². The molecule has 3 rings (SSSR count). The monoisotopic (exact) mass is 334 g/mol. The number of halogens is 1. The maximum atomic E-state index is 9.46. The van der Waals surface area contributed by atoms with Gasteiger partial charge in [0.05, 0.1) is 29.0 Å². The molecular weight excluding hydrogens is 320 g/mol. The third-order valence-corrected chi connectivity index (χ3v) is 4.50. The van der Waals surface area contributed by atoms with Gasteiger partial charge in [-0.25, -0.2) is 4.98 Å². The van der Waals surface area contributed by atoms with Gasteiger partial charge in [0.15, 0.2) is 0 Å². The van der Waals surface area contributed by atoms with E-state index in [0.29, 0.717) is 6.54 Å². The fourth-order valence-corrected chi connectivity index (χ4v) is 2.92. The number of hydrogen-bond donors (Lipinski definition) is 1. The van der Waals surface area contributed by atoms with Crippen molar-refractivity contribution in [2.75, 3.05) is 0 Å². The van der Waals surface area contributed by atoms with Crippen LogP contribution in [-0.4, -0.2) is 24.4 Å². The average Bonchev–Trinajstić information content (AvgIpc) is 2.92. The van der Waals surface area contributed by atoms with E-state index >= 15 is 0 Å². The third-order valence-electron chi connectivity index (χ3n) is 3.47. The van der Waals surface area contributed by atoms with Crippen LogP contribution in [0.25, 0.3) is 11.0 Å². The van der Waals surface area contributed by atoms with E-state index in [0.717, 1.165) is 32.5 Å². The van der Waals surface area contributed by atoms with Crippen molar-refractivity contribution in [3.8, 4) is 0 Å². The van der Waals surface area contributed by atoms with Crippen molar-refractivity contribution in [2.45, 2.75) is 20.1 Å². The van der Waals surface area contributed by atoms with E-state index in [2.05, 4.69) is 26.0 Å². The number of rotatable bonds is 3. The maximum absolute atomic E-state index is 9.46. The molecular formula is C14H15BrN4O. The second kappa shape index (κ2) is 5.03. The molecule has 104 valence electrons. The summed E-state index contributed by atoms with van der Waals surface area (Å²) in [6.07, 6.45) is 3.72. The molecule has 0 atom stereocenters. The molecule has 3 aromatic heterocycles. The van der Waals surface area contributed by atoms with Gasteiger partial charge in [-0.05, 0) is 35.0 Å². The first-order valence-electron chi connectivity index (χ1n) is 6.33. The summed E-state index contributed by atoms with van der Waals surface area (Å²) in [4.78, 5) is 4.42. The molecule has 1 N–H and O–H groups in total. The number of nitrogens with zero attached hydrogens (tertiary/aromatic N) is 4. The smallest absolute Gasteiger partial charge is 0.140 e. The van der Waals surface area contributed by atoms with E-state index in [1.54, 1.807) is 6.20 Å². The van der Waals surface area contributed by atoms with Gasteiger partial charge in [-0.3, -0.25) is 4.68 Å². The van der Waals surface area contributed by atoms with Crippen molar-refractivity contribution in [1.29, 1.82) is 0 Å². The first kappa shape index (κ1) is 13.3. The van der Waals surface area contributed by atoms with Crippen molar-refractivity contribution < 1.29 is 5.11 Å². The number of pyridine rings is 1. The molecule has 3 aromatic rings.